The highest BCUT2D eigenvalue weighted by molar-refractivity contribution is 5.79. The Morgan fingerprint density at radius 2 is 2.23 bits per heavy atom. The fraction of sp³-hybridized carbons (Fsp3) is 0.438. The average Bonchev–Trinajstić information content (AvgIpc) is 3.13. The van der Waals surface area contributed by atoms with Crippen molar-refractivity contribution in [3.63, 3.8) is 0 Å². The Labute approximate surface area is 128 Å². The molecule has 2 aromatic rings. The van der Waals surface area contributed by atoms with Gasteiger partial charge in [0.1, 0.15) is 11.6 Å². The number of aryl methyl sites for hydroxylation is 1. The first-order valence-electron chi connectivity index (χ1n) is 7.62. The molecular weight excluding hydrogens is 280 g/mol. The quantitative estimate of drug-likeness (QED) is 0.833. The zero-order valence-electron chi connectivity index (χ0n) is 12.6. The maximum atomic E-state index is 12.5. The van der Waals surface area contributed by atoms with Crippen LogP contribution in [0, 0.1) is 6.92 Å². The van der Waals surface area contributed by atoms with E-state index in [0.717, 1.165) is 49.1 Å². The second kappa shape index (κ2) is 5.12. The van der Waals surface area contributed by atoms with Crippen molar-refractivity contribution in [3.8, 4) is 5.75 Å². The Hall–Kier alpha value is -2.37. The standard InChI is InChI=1S/C16H18N4O2/c1-11-17-18-15-10-19(5-6-20(11)15)16(21)9-12-2-3-14-13(8-12)4-7-22-14/h2-3,8H,4-7,9-10H2,1H3. The fourth-order valence-electron chi connectivity index (χ4n) is 3.15. The van der Waals surface area contributed by atoms with Gasteiger partial charge in [-0.25, -0.2) is 0 Å². The minimum absolute atomic E-state index is 0.144. The third-order valence-electron chi connectivity index (χ3n) is 4.40. The van der Waals surface area contributed by atoms with E-state index in [2.05, 4.69) is 20.8 Å². The number of hydrogen-bond donors (Lipinski definition) is 0. The molecule has 0 unspecified atom stereocenters. The van der Waals surface area contributed by atoms with Crippen LogP contribution >= 0.6 is 0 Å². The summed E-state index contributed by atoms with van der Waals surface area (Å²) in [4.78, 5) is 14.4. The van der Waals surface area contributed by atoms with Gasteiger partial charge in [0.15, 0.2) is 5.82 Å². The van der Waals surface area contributed by atoms with E-state index in [-0.39, 0.29) is 5.91 Å². The minimum Gasteiger partial charge on any atom is -0.493 e. The van der Waals surface area contributed by atoms with Gasteiger partial charge < -0.3 is 14.2 Å². The van der Waals surface area contributed by atoms with Crippen LogP contribution in [-0.2, 0) is 30.7 Å². The summed E-state index contributed by atoms with van der Waals surface area (Å²) in [5.74, 6) is 2.89. The van der Waals surface area contributed by atoms with Gasteiger partial charge in [-0.05, 0) is 24.1 Å². The number of rotatable bonds is 2. The Morgan fingerprint density at radius 3 is 3.14 bits per heavy atom. The zero-order valence-corrected chi connectivity index (χ0v) is 12.6. The molecule has 0 radical (unpaired) electrons. The molecule has 2 aliphatic heterocycles. The van der Waals surface area contributed by atoms with Crippen molar-refractivity contribution in [2.45, 2.75) is 32.9 Å². The van der Waals surface area contributed by atoms with Gasteiger partial charge in [-0.15, -0.1) is 10.2 Å². The molecular formula is C16H18N4O2. The molecule has 3 heterocycles. The molecule has 1 amide bonds. The summed E-state index contributed by atoms with van der Waals surface area (Å²) in [6, 6.07) is 6.05. The van der Waals surface area contributed by atoms with Crippen molar-refractivity contribution in [1.82, 2.24) is 19.7 Å². The number of nitrogens with zero attached hydrogens (tertiary/aromatic N) is 4. The average molecular weight is 298 g/mol. The van der Waals surface area contributed by atoms with Gasteiger partial charge in [-0.1, -0.05) is 12.1 Å². The number of benzene rings is 1. The molecule has 1 aromatic heterocycles. The van der Waals surface area contributed by atoms with Crippen molar-refractivity contribution in [2.75, 3.05) is 13.2 Å². The Kier molecular flexibility index (Phi) is 3.10. The van der Waals surface area contributed by atoms with Crippen LogP contribution in [0.3, 0.4) is 0 Å². The summed E-state index contributed by atoms with van der Waals surface area (Å²) >= 11 is 0. The van der Waals surface area contributed by atoms with Gasteiger partial charge in [0, 0.05) is 19.5 Å². The number of carbonyl (C=O) groups is 1. The molecule has 6 nitrogen and oxygen atoms in total. The maximum absolute atomic E-state index is 12.5. The van der Waals surface area contributed by atoms with Crippen LogP contribution in [0.5, 0.6) is 5.75 Å². The van der Waals surface area contributed by atoms with Crippen LogP contribution in [0.15, 0.2) is 18.2 Å². The lowest BCUT2D eigenvalue weighted by molar-refractivity contribution is -0.132. The molecule has 0 fully saturated rings. The first kappa shape index (κ1) is 13.3. The fourth-order valence-corrected chi connectivity index (χ4v) is 3.15. The zero-order chi connectivity index (χ0) is 15.1. The van der Waals surface area contributed by atoms with Gasteiger partial charge in [0.25, 0.3) is 0 Å². The van der Waals surface area contributed by atoms with Crippen LogP contribution in [-0.4, -0.2) is 38.7 Å². The number of carbonyl (C=O) groups excluding carboxylic acids is 1. The van der Waals surface area contributed by atoms with Gasteiger partial charge in [-0.3, -0.25) is 4.79 Å². The van der Waals surface area contributed by atoms with Gasteiger partial charge in [-0.2, -0.15) is 0 Å². The summed E-state index contributed by atoms with van der Waals surface area (Å²) in [6.07, 6.45) is 1.36. The molecule has 0 bridgehead atoms. The molecule has 0 spiro atoms. The smallest absolute Gasteiger partial charge is 0.227 e. The number of ether oxygens (including phenoxy) is 1. The first-order valence-corrected chi connectivity index (χ1v) is 7.62. The number of hydrogen-bond acceptors (Lipinski definition) is 4. The van der Waals surface area contributed by atoms with Crippen LogP contribution in [0.4, 0.5) is 0 Å². The monoisotopic (exact) mass is 298 g/mol. The highest BCUT2D eigenvalue weighted by Gasteiger charge is 2.23. The van der Waals surface area contributed by atoms with Crippen LogP contribution < -0.4 is 4.74 Å². The normalized spacial score (nSPS) is 16.1. The summed E-state index contributed by atoms with van der Waals surface area (Å²) in [5.41, 5.74) is 2.26. The molecule has 0 saturated heterocycles. The SMILES string of the molecule is Cc1nnc2n1CCN(C(=O)Cc1ccc3c(c1)CCO3)C2. The molecule has 2 aliphatic rings. The molecule has 1 aromatic carbocycles. The van der Waals surface area contributed by atoms with Crippen LogP contribution in [0.25, 0.3) is 0 Å². The largest absolute Gasteiger partial charge is 0.493 e. The lowest BCUT2D eigenvalue weighted by Gasteiger charge is -2.27. The van der Waals surface area contributed by atoms with E-state index < -0.39 is 0 Å². The molecule has 0 atom stereocenters. The molecule has 0 saturated carbocycles. The summed E-state index contributed by atoms with van der Waals surface area (Å²) < 4.78 is 7.58. The van der Waals surface area contributed by atoms with E-state index in [0.29, 0.717) is 13.0 Å². The first-order chi connectivity index (χ1) is 10.7. The topological polar surface area (TPSA) is 60.2 Å². The third kappa shape index (κ3) is 2.24. The van der Waals surface area contributed by atoms with E-state index >= 15 is 0 Å². The minimum atomic E-state index is 0.144. The highest BCUT2D eigenvalue weighted by atomic mass is 16.5. The number of fused-ring (bicyclic) bond motifs is 2. The molecule has 114 valence electrons. The predicted octanol–water partition coefficient (Wildman–Crippen LogP) is 1.11. The van der Waals surface area contributed by atoms with Crippen molar-refractivity contribution < 1.29 is 9.53 Å². The van der Waals surface area contributed by atoms with Crippen molar-refractivity contribution >= 4 is 5.91 Å². The molecule has 22 heavy (non-hydrogen) atoms. The van der Waals surface area contributed by atoms with E-state index in [1.807, 2.05) is 24.0 Å². The van der Waals surface area contributed by atoms with Crippen molar-refractivity contribution in [1.29, 1.82) is 0 Å². The molecule has 4 rings (SSSR count). The maximum Gasteiger partial charge on any atom is 0.227 e. The van der Waals surface area contributed by atoms with Gasteiger partial charge in [0.2, 0.25) is 5.91 Å². The molecule has 0 N–H and O–H groups in total. The van der Waals surface area contributed by atoms with E-state index in [4.69, 9.17) is 4.74 Å². The summed E-state index contributed by atoms with van der Waals surface area (Å²) in [5, 5.41) is 8.22. The van der Waals surface area contributed by atoms with E-state index in [9.17, 15) is 4.79 Å². The van der Waals surface area contributed by atoms with Crippen LogP contribution in [0.1, 0.15) is 22.8 Å². The third-order valence-corrected chi connectivity index (χ3v) is 4.40. The highest BCUT2D eigenvalue weighted by Crippen LogP contribution is 2.26. The second-order valence-electron chi connectivity index (χ2n) is 5.85. The number of amides is 1. The van der Waals surface area contributed by atoms with Crippen LogP contribution in [0.2, 0.25) is 0 Å². The second-order valence-corrected chi connectivity index (χ2v) is 5.85. The van der Waals surface area contributed by atoms with Gasteiger partial charge in [0.05, 0.1) is 19.6 Å². The Bertz CT molecular complexity index is 738. The predicted molar refractivity (Wildman–Crippen MR) is 79.5 cm³/mol. The Balaban J connectivity index is 1.47. The van der Waals surface area contributed by atoms with Gasteiger partial charge >= 0.3 is 0 Å². The lowest BCUT2D eigenvalue weighted by Crippen LogP contribution is -2.39. The molecule has 0 aliphatic carbocycles. The van der Waals surface area contributed by atoms with Crippen molar-refractivity contribution in [3.05, 3.63) is 41.0 Å². The van der Waals surface area contributed by atoms with E-state index in [1.165, 1.54) is 5.56 Å². The van der Waals surface area contributed by atoms with E-state index in [1.54, 1.807) is 0 Å². The van der Waals surface area contributed by atoms with Crippen molar-refractivity contribution in [2.24, 2.45) is 0 Å². The number of aromatic nitrogens is 3. The summed E-state index contributed by atoms with van der Waals surface area (Å²) in [7, 11) is 0. The lowest BCUT2D eigenvalue weighted by atomic mass is 10.1. The molecule has 6 heteroatoms. The Morgan fingerprint density at radius 1 is 1.32 bits per heavy atom. The summed E-state index contributed by atoms with van der Waals surface area (Å²) in [6.45, 7) is 4.74.